The molecule has 3 nitrogen and oxygen atoms in total. The molecule has 2 N–H and O–H groups in total. The van der Waals surface area contributed by atoms with Crippen LogP contribution in [-0.4, -0.2) is 12.6 Å². The molecule has 0 saturated carbocycles. The number of nitrogens with one attached hydrogen (secondary N) is 2. The minimum atomic E-state index is -0.247. The molecule has 0 aliphatic rings. The summed E-state index contributed by atoms with van der Waals surface area (Å²) < 4.78 is 0. The van der Waals surface area contributed by atoms with Crippen molar-refractivity contribution in [1.82, 2.24) is 10.6 Å². The summed E-state index contributed by atoms with van der Waals surface area (Å²) in [5.74, 6) is 0. The highest BCUT2D eigenvalue weighted by atomic mass is 35.5. The van der Waals surface area contributed by atoms with Gasteiger partial charge in [-0.1, -0.05) is 35.3 Å². The highest BCUT2D eigenvalue weighted by molar-refractivity contribution is 6.42. The van der Waals surface area contributed by atoms with Gasteiger partial charge in [-0.25, -0.2) is 4.79 Å². The number of halogens is 2. The molecular weight excluding hydrogens is 259 g/mol. The Morgan fingerprint density at radius 1 is 1.47 bits per heavy atom. The highest BCUT2D eigenvalue weighted by Gasteiger charge is 2.10. The molecule has 0 spiro atoms. The Kier molecular flexibility index (Phi) is 5.32. The molecule has 1 unspecified atom stereocenters. The van der Waals surface area contributed by atoms with E-state index in [4.69, 9.17) is 23.2 Å². The predicted molar refractivity (Wildman–Crippen MR) is 71.6 cm³/mol. The summed E-state index contributed by atoms with van der Waals surface area (Å²) in [5, 5.41) is 6.38. The number of urea groups is 1. The molecule has 5 heteroatoms. The van der Waals surface area contributed by atoms with Crippen LogP contribution in [0.3, 0.4) is 0 Å². The van der Waals surface area contributed by atoms with Crippen LogP contribution < -0.4 is 10.6 Å². The second-order valence-corrected chi connectivity index (χ2v) is 4.35. The summed E-state index contributed by atoms with van der Waals surface area (Å²) in [6.07, 6.45) is 1.61. The molecule has 0 fully saturated rings. The van der Waals surface area contributed by atoms with Gasteiger partial charge >= 0.3 is 6.03 Å². The van der Waals surface area contributed by atoms with Gasteiger partial charge in [-0.05, 0) is 24.6 Å². The summed E-state index contributed by atoms with van der Waals surface area (Å²) in [6, 6.07) is 4.88. The van der Waals surface area contributed by atoms with Gasteiger partial charge in [0.1, 0.15) is 0 Å². The van der Waals surface area contributed by atoms with E-state index < -0.39 is 0 Å². The van der Waals surface area contributed by atoms with E-state index >= 15 is 0 Å². The third-order valence-corrected chi connectivity index (χ3v) is 2.94. The van der Waals surface area contributed by atoms with Crippen molar-refractivity contribution in [2.45, 2.75) is 13.0 Å². The van der Waals surface area contributed by atoms with Crippen LogP contribution in [0.4, 0.5) is 4.79 Å². The molecule has 0 heterocycles. The van der Waals surface area contributed by atoms with Crippen molar-refractivity contribution in [3.63, 3.8) is 0 Å². The second-order valence-electron chi connectivity index (χ2n) is 3.54. The van der Waals surface area contributed by atoms with Crippen LogP contribution in [0, 0.1) is 0 Å². The monoisotopic (exact) mass is 272 g/mol. The molecule has 1 aromatic rings. The summed E-state index contributed by atoms with van der Waals surface area (Å²) in [5.41, 5.74) is 0.896. The van der Waals surface area contributed by atoms with Gasteiger partial charge in [0.25, 0.3) is 0 Å². The van der Waals surface area contributed by atoms with E-state index in [0.717, 1.165) is 5.56 Å². The fourth-order valence-electron chi connectivity index (χ4n) is 1.28. The fourth-order valence-corrected chi connectivity index (χ4v) is 1.58. The number of hydrogen-bond donors (Lipinski definition) is 2. The summed E-state index contributed by atoms with van der Waals surface area (Å²) in [4.78, 5) is 11.4. The van der Waals surface area contributed by atoms with Crippen molar-refractivity contribution in [3.05, 3.63) is 46.5 Å². The van der Waals surface area contributed by atoms with Crippen molar-refractivity contribution < 1.29 is 4.79 Å². The van der Waals surface area contributed by atoms with E-state index in [0.29, 0.717) is 16.6 Å². The molecule has 0 radical (unpaired) electrons. The lowest BCUT2D eigenvalue weighted by atomic mass is 10.1. The molecular formula is C12H14Cl2N2O. The second kappa shape index (κ2) is 6.52. The smallest absolute Gasteiger partial charge is 0.315 e. The maximum atomic E-state index is 11.4. The standard InChI is InChI=1S/C12H14Cl2N2O/c1-3-6-15-12(17)16-8(2)9-4-5-10(13)11(14)7-9/h3-5,7-8H,1,6H2,2H3,(H2,15,16,17). The molecule has 0 bridgehead atoms. The molecule has 0 aromatic heterocycles. The maximum Gasteiger partial charge on any atom is 0.315 e. The Morgan fingerprint density at radius 2 is 2.18 bits per heavy atom. The molecule has 1 rings (SSSR count). The number of carbonyl (C=O) groups is 1. The van der Waals surface area contributed by atoms with Gasteiger partial charge in [-0.15, -0.1) is 6.58 Å². The van der Waals surface area contributed by atoms with Gasteiger partial charge in [0, 0.05) is 6.54 Å². The minimum absolute atomic E-state index is 0.144. The first-order chi connectivity index (χ1) is 8.04. The summed E-state index contributed by atoms with van der Waals surface area (Å²) in [7, 11) is 0. The molecule has 0 aliphatic heterocycles. The Labute approximate surface area is 111 Å². The number of amides is 2. The lowest BCUT2D eigenvalue weighted by Gasteiger charge is -2.15. The van der Waals surface area contributed by atoms with Gasteiger partial charge < -0.3 is 10.6 Å². The first-order valence-electron chi connectivity index (χ1n) is 5.14. The van der Waals surface area contributed by atoms with Crippen molar-refractivity contribution in [2.75, 3.05) is 6.54 Å². The van der Waals surface area contributed by atoms with E-state index in [2.05, 4.69) is 17.2 Å². The van der Waals surface area contributed by atoms with E-state index in [9.17, 15) is 4.79 Å². The first kappa shape index (κ1) is 13.9. The lowest BCUT2D eigenvalue weighted by Crippen LogP contribution is -2.37. The minimum Gasteiger partial charge on any atom is -0.335 e. The summed E-state index contributed by atoms with van der Waals surface area (Å²) >= 11 is 11.7. The third kappa shape index (κ3) is 4.29. The lowest BCUT2D eigenvalue weighted by molar-refractivity contribution is 0.239. The van der Waals surface area contributed by atoms with Gasteiger partial charge in [0.2, 0.25) is 0 Å². The first-order valence-corrected chi connectivity index (χ1v) is 5.90. The van der Waals surface area contributed by atoms with Crippen molar-refractivity contribution in [1.29, 1.82) is 0 Å². The third-order valence-electron chi connectivity index (χ3n) is 2.20. The van der Waals surface area contributed by atoms with Gasteiger partial charge in [0.15, 0.2) is 0 Å². The number of benzene rings is 1. The molecule has 1 atom stereocenters. The van der Waals surface area contributed by atoms with Crippen LogP contribution in [0.25, 0.3) is 0 Å². The summed E-state index contributed by atoms with van der Waals surface area (Å²) in [6.45, 7) is 5.82. The molecule has 92 valence electrons. The average molecular weight is 273 g/mol. The van der Waals surface area contributed by atoms with Crippen LogP contribution in [0.5, 0.6) is 0 Å². The number of hydrogen-bond acceptors (Lipinski definition) is 1. The highest BCUT2D eigenvalue weighted by Crippen LogP contribution is 2.25. The fraction of sp³-hybridized carbons (Fsp3) is 0.250. The van der Waals surface area contributed by atoms with Crippen molar-refractivity contribution >= 4 is 29.2 Å². The Balaban J connectivity index is 2.63. The normalized spacial score (nSPS) is 11.7. The van der Waals surface area contributed by atoms with E-state index in [1.165, 1.54) is 0 Å². The van der Waals surface area contributed by atoms with Crippen LogP contribution in [-0.2, 0) is 0 Å². The zero-order valence-electron chi connectivity index (χ0n) is 9.47. The average Bonchev–Trinajstić information content (AvgIpc) is 2.30. The number of carbonyl (C=O) groups excluding carboxylic acids is 1. The van der Waals surface area contributed by atoms with Gasteiger partial charge in [0.05, 0.1) is 16.1 Å². The molecule has 0 aliphatic carbocycles. The maximum absolute atomic E-state index is 11.4. The van der Waals surface area contributed by atoms with Crippen LogP contribution in [0.15, 0.2) is 30.9 Å². The Hall–Kier alpha value is -1.19. The molecule has 2 amide bonds. The largest absolute Gasteiger partial charge is 0.335 e. The predicted octanol–water partition coefficient (Wildman–Crippen LogP) is 3.54. The Bertz CT molecular complexity index is 421. The molecule has 1 aromatic carbocycles. The van der Waals surface area contributed by atoms with E-state index in [1.807, 2.05) is 13.0 Å². The van der Waals surface area contributed by atoms with Crippen LogP contribution in [0.2, 0.25) is 10.0 Å². The zero-order valence-corrected chi connectivity index (χ0v) is 11.0. The topological polar surface area (TPSA) is 41.1 Å². The van der Waals surface area contributed by atoms with Gasteiger partial charge in [-0.3, -0.25) is 0 Å². The van der Waals surface area contributed by atoms with Crippen LogP contribution >= 0.6 is 23.2 Å². The van der Waals surface area contributed by atoms with E-state index in [-0.39, 0.29) is 12.1 Å². The van der Waals surface area contributed by atoms with Crippen LogP contribution in [0.1, 0.15) is 18.5 Å². The van der Waals surface area contributed by atoms with Crippen molar-refractivity contribution in [2.24, 2.45) is 0 Å². The SMILES string of the molecule is C=CCNC(=O)NC(C)c1ccc(Cl)c(Cl)c1. The van der Waals surface area contributed by atoms with Crippen molar-refractivity contribution in [3.8, 4) is 0 Å². The van der Waals surface area contributed by atoms with Gasteiger partial charge in [-0.2, -0.15) is 0 Å². The zero-order chi connectivity index (χ0) is 12.8. The Morgan fingerprint density at radius 3 is 2.76 bits per heavy atom. The molecule has 0 saturated heterocycles. The molecule has 17 heavy (non-hydrogen) atoms. The number of rotatable bonds is 4. The quantitative estimate of drug-likeness (QED) is 0.809. The van der Waals surface area contributed by atoms with E-state index in [1.54, 1.807) is 18.2 Å².